The maximum atomic E-state index is 12.8. The Kier molecular flexibility index (Phi) is 6.46. The molecule has 0 unspecified atom stereocenters. The van der Waals surface area contributed by atoms with Crippen LogP contribution >= 0.6 is 0 Å². The topological polar surface area (TPSA) is 137 Å². The molecule has 23 heavy (non-hydrogen) atoms. The molecular formula is C12H19FN6O4. The first kappa shape index (κ1) is 18.8. The van der Waals surface area contributed by atoms with Gasteiger partial charge in [-0.15, -0.1) is 0 Å². The number of nitrogens with zero attached hydrogens (tertiary/aromatic N) is 6. The van der Waals surface area contributed by atoms with Gasteiger partial charge >= 0.3 is 5.69 Å². The third kappa shape index (κ3) is 4.17. The summed E-state index contributed by atoms with van der Waals surface area (Å²) in [6.07, 6.45) is -1.59. The minimum atomic E-state index is -2.25. The van der Waals surface area contributed by atoms with E-state index in [2.05, 4.69) is 15.0 Å². The highest BCUT2D eigenvalue weighted by molar-refractivity contribution is 5.33. The minimum absolute atomic E-state index is 0.422. The molecule has 0 aliphatic carbocycles. The van der Waals surface area contributed by atoms with Crippen molar-refractivity contribution in [3.63, 3.8) is 0 Å². The van der Waals surface area contributed by atoms with Gasteiger partial charge in [-0.2, -0.15) is 4.98 Å². The molecule has 0 saturated heterocycles. The van der Waals surface area contributed by atoms with Crippen LogP contribution < -0.4 is 10.6 Å². The quantitative estimate of drug-likeness (QED) is 0.396. The molecule has 0 amide bonds. The van der Waals surface area contributed by atoms with Crippen LogP contribution in [-0.2, 0) is 4.74 Å². The molecule has 10 nitrogen and oxygen atoms in total. The number of azide groups is 1. The second-order valence-corrected chi connectivity index (χ2v) is 4.95. The van der Waals surface area contributed by atoms with E-state index in [1.54, 1.807) is 25.1 Å². The second-order valence-electron chi connectivity index (χ2n) is 4.95. The first-order valence-electron chi connectivity index (χ1n) is 6.66. The Morgan fingerprint density at radius 1 is 1.65 bits per heavy atom. The van der Waals surface area contributed by atoms with E-state index in [0.717, 1.165) is 4.57 Å². The molecule has 128 valence electrons. The Hall–Kier alpha value is -2.20. The van der Waals surface area contributed by atoms with Crippen molar-refractivity contribution in [3.8, 4) is 0 Å². The molecule has 0 fully saturated rings. The van der Waals surface area contributed by atoms with E-state index >= 15 is 0 Å². The van der Waals surface area contributed by atoms with Crippen LogP contribution in [0.5, 0.6) is 0 Å². The molecule has 2 N–H and O–H groups in total. The summed E-state index contributed by atoms with van der Waals surface area (Å²) in [6.45, 7) is -0.871. The van der Waals surface area contributed by atoms with Gasteiger partial charge < -0.3 is 19.8 Å². The van der Waals surface area contributed by atoms with Crippen LogP contribution in [0.4, 0.5) is 10.2 Å². The summed E-state index contributed by atoms with van der Waals surface area (Å²) in [5.74, 6) is 0.422. The second kappa shape index (κ2) is 7.88. The van der Waals surface area contributed by atoms with Gasteiger partial charge in [-0.25, -0.2) is 9.18 Å². The fourth-order valence-corrected chi connectivity index (χ4v) is 1.82. The van der Waals surface area contributed by atoms with Gasteiger partial charge in [0.2, 0.25) is 0 Å². The highest BCUT2D eigenvalue weighted by Gasteiger charge is 2.40. The molecule has 0 aliphatic rings. The molecule has 0 radical (unpaired) electrons. The highest BCUT2D eigenvalue weighted by Crippen LogP contribution is 2.25. The zero-order valence-electron chi connectivity index (χ0n) is 13.0. The lowest BCUT2D eigenvalue weighted by atomic mass is 10.1. The molecule has 0 aliphatic heterocycles. The molecule has 0 spiro atoms. The number of hydrogen-bond donors (Lipinski definition) is 2. The summed E-state index contributed by atoms with van der Waals surface area (Å²) in [7, 11) is 3.42. The number of aliphatic hydroxyl groups is 2. The average molecular weight is 330 g/mol. The van der Waals surface area contributed by atoms with Crippen molar-refractivity contribution < 1.29 is 19.3 Å². The van der Waals surface area contributed by atoms with Crippen LogP contribution in [0.25, 0.3) is 10.4 Å². The van der Waals surface area contributed by atoms with E-state index in [1.807, 2.05) is 0 Å². The van der Waals surface area contributed by atoms with Gasteiger partial charge in [0, 0.05) is 25.2 Å². The number of aromatic nitrogens is 2. The van der Waals surface area contributed by atoms with Gasteiger partial charge in [0.15, 0.2) is 5.72 Å². The molecule has 3 atom stereocenters. The van der Waals surface area contributed by atoms with Crippen molar-refractivity contribution in [1.82, 2.24) is 9.55 Å². The van der Waals surface area contributed by atoms with Crippen LogP contribution in [0.3, 0.4) is 0 Å². The molecule has 0 aromatic carbocycles. The summed E-state index contributed by atoms with van der Waals surface area (Å²) in [4.78, 5) is 19.9. The van der Waals surface area contributed by atoms with E-state index in [0.29, 0.717) is 5.82 Å². The van der Waals surface area contributed by atoms with E-state index in [4.69, 9.17) is 10.3 Å². The van der Waals surface area contributed by atoms with Gasteiger partial charge in [-0.1, -0.05) is 5.11 Å². The lowest BCUT2D eigenvalue weighted by Gasteiger charge is -2.33. The Morgan fingerprint density at radius 2 is 2.30 bits per heavy atom. The van der Waals surface area contributed by atoms with Crippen molar-refractivity contribution in [1.29, 1.82) is 0 Å². The fourth-order valence-electron chi connectivity index (χ4n) is 1.82. The van der Waals surface area contributed by atoms with Crippen LogP contribution in [-0.4, -0.2) is 59.0 Å². The smallest absolute Gasteiger partial charge is 0.351 e. The number of hydrogen-bond acceptors (Lipinski definition) is 7. The standard InChI is InChI=1S/C12H19FN6O4/c1-8(19-5-4-10(18(2)3)15-11(19)22)23-12(7-20,16-17-14)9(21)6-13/h4-5,8-9,20-21H,6-7H2,1-3H3/t8-,9-,12-/m1/s1. The van der Waals surface area contributed by atoms with Gasteiger partial charge in [-0.05, 0) is 18.5 Å². The molecule has 1 aromatic heterocycles. The molecule has 0 saturated carbocycles. The van der Waals surface area contributed by atoms with Crippen LogP contribution in [0.2, 0.25) is 0 Å². The normalized spacial score (nSPS) is 16.1. The van der Waals surface area contributed by atoms with Crippen LogP contribution in [0, 0.1) is 0 Å². The van der Waals surface area contributed by atoms with Crippen molar-refractivity contribution >= 4 is 5.82 Å². The van der Waals surface area contributed by atoms with E-state index in [9.17, 15) is 19.4 Å². The zero-order chi connectivity index (χ0) is 17.6. The number of rotatable bonds is 8. The lowest BCUT2D eigenvalue weighted by Crippen LogP contribution is -2.49. The van der Waals surface area contributed by atoms with Crippen molar-refractivity contribution in [2.75, 3.05) is 32.3 Å². The summed E-state index contributed by atoms with van der Waals surface area (Å²) in [6, 6.07) is 1.54. The average Bonchev–Trinajstić information content (AvgIpc) is 2.53. The number of alkyl halides is 1. The maximum Gasteiger partial charge on any atom is 0.351 e. The number of anilines is 1. The Balaban J connectivity index is 3.15. The van der Waals surface area contributed by atoms with Gasteiger partial charge in [-0.3, -0.25) is 4.57 Å². The van der Waals surface area contributed by atoms with Crippen molar-refractivity contribution in [2.45, 2.75) is 25.0 Å². The minimum Gasteiger partial charge on any atom is -0.393 e. The number of ether oxygens (including phenoxy) is 1. The molecule has 0 bridgehead atoms. The monoisotopic (exact) mass is 330 g/mol. The van der Waals surface area contributed by atoms with Gasteiger partial charge in [0.05, 0.1) is 6.61 Å². The molecular weight excluding hydrogens is 311 g/mol. The van der Waals surface area contributed by atoms with Crippen molar-refractivity contribution in [2.24, 2.45) is 5.11 Å². The zero-order valence-corrected chi connectivity index (χ0v) is 13.0. The van der Waals surface area contributed by atoms with Gasteiger partial charge in [0.1, 0.15) is 24.8 Å². The van der Waals surface area contributed by atoms with Crippen molar-refractivity contribution in [3.05, 3.63) is 33.2 Å². The van der Waals surface area contributed by atoms with Crippen LogP contribution in [0.15, 0.2) is 22.2 Å². The fraction of sp³-hybridized carbons (Fsp3) is 0.667. The summed E-state index contributed by atoms with van der Waals surface area (Å²) < 4.78 is 19.1. The predicted molar refractivity (Wildman–Crippen MR) is 79.6 cm³/mol. The number of halogens is 1. The molecule has 1 rings (SSSR count). The Bertz CT molecular complexity index is 632. The lowest BCUT2D eigenvalue weighted by molar-refractivity contribution is -0.192. The highest BCUT2D eigenvalue weighted by atomic mass is 19.1. The summed E-state index contributed by atoms with van der Waals surface area (Å²) in [5, 5.41) is 22.2. The Labute approximate surface area is 131 Å². The molecule has 1 aromatic rings. The van der Waals surface area contributed by atoms with E-state index in [-0.39, 0.29) is 0 Å². The first-order chi connectivity index (χ1) is 10.8. The largest absolute Gasteiger partial charge is 0.393 e. The third-order valence-electron chi connectivity index (χ3n) is 3.15. The maximum absolute atomic E-state index is 12.8. The van der Waals surface area contributed by atoms with E-state index in [1.165, 1.54) is 13.1 Å². The Morgan fingerprint density at radius 3 is 2.74 bits per heavy atom. The SMILES string of the molecule is C[C@@H](O[C@@](CO)(N=[N+]=[N-])[C@H](O)CF)n1ccc(N(C)C)nc1=O. The molecule has 11 heteroatoms. The first-order valence-corrected chi connectivity index (χ1v) is 6.66. The molecule has 1 heterocycles. The summed E-state index contributed by atoms with van der Waals surface area (Å²) in [5.41, 5.74) is 5.65. The van der Waals surface area contributed by atoms with E-state index < -0.39 is 37.0 Å². The van der Waals surface area contributed by atoms with Crippen LogP contribution in [0.1, 0.15) is 13.2 Å². The summed E-state index contributed by atoms with van der Waals surface area (Å²) >= 11 is 0. The number of aliphatic hydroxyl groups excluding tert-OH is 2. The predicted octanol–water partition coefficient (Wildman–Crippen LogP) is 0.174. The third-order valence-corrected chi connectivity index (χ3v) is 3.15. The van der Waals surface area contributed by atoms with Gasteiger partial charge in [0.25, 0.3) is 0 Å².